The summed E-state index contributed by atoms with van der Waals surface area (Å²) >= 11 is 0. The van der Waals surface area contributed by atoms with Crippen LogP contribution in [-0.2, 0) is 0 Å². The summed E-state index contributed by atoms with van der Waals surface area (Å²) in [6.07, 6.45) is -0.896. The minimum absolute atomic E-state index is 0.359. The van der Waals surface area contributed by atoms with E-state index in [1.54, 1.807) is 0 Å². The first kappa shape index (κ1) is 11.8. The molecule has 0 amide bonds. The van der Waals surface area contributed by atoms with Crippen LogP contribution in [0.25, 0.3) is 0 Å². The molecule has 1 aliphatic carbocycles. The molecule has 1 nitrogen and oxygen atoms in total. The molecular weight excluding hydrogens is 191 g/mol. The number of nitrogens with one attached hydrogen (secondary N) is 1. The minimum atomic E-state index is -4.03. The average Bonchev–Trinajstić information content (AvgIpc) is 2.81. The monoisotopic (exact) mass is 209 g/mol. The van der Waals surface area contributed by atoms with E-state index in [-0.39, 0.29) is 6.04 Å². The predicted molar refractivity (Wildman–Crippen MR) is 50.1 cm³/mol. The van der Waals surface area contributed by atoms with Crippen LogP contribution in [0.2, 0.25) is 0 Å². The summed E-state index contributed by atoms with van der Waals surface area (Å²) in [5, 5.41) is 2.98. The fourth-order valence-corrected chi connectivity index (χ4v) is 1.62. The quantitative estimate of drug-likeness (QED) is 0.708. The van der Waals surface area contributed by atoms with Gasteiger partial charge < -0.3 is 5.32 Å². The van der Waals surface area contributed by atoms with Gasteiger partial charge in [-0.25, -0.2) is 0 Å². The Labute approximate surface area is 83.1 Å². The number of halogens is 3. The first-order valence-electron chi connectivity index (χ1n) is 5.31. The van der Waals surface area contributed by atoms with E-state index in [4.69, 9.17) is 0 Å². The number of rotatable bonds is 6. The molecule has 0 saturated heterocycles. The molecule has 0 aromatic rings. The van der Waals surface area contributed by atoms with Crippen LogP contribution in [0, 0.1) is 5.92 Å². The summed E-state index contributed by atoms with van der Waals surface area (Å²) in [6.45, 7) is 2.65. The zero-order valence-corrected chi connectivity index (χ0v) is 8.53. The normalized spacial score (nSPS) is 19.7. The minimum Gasteiger partial charge on any atom is -0.314 e. The molecular formula is C10H18F3N. The van der Waals surface area contributed by atoms with Crippen LogP contribution in [-0.4, -0.2) is 18.8 Å². The van der Waals surface area contributed by atoms with Gasteiger partial charge in [-0.15, -0.1) is 0 Å². The topological polar surface area (TPSA) is 12.0 Å². The van der Waals surface area contributed by atoms with Crippen molar-refractivity contribution in [3.8, 4) is 0 Å². The van der Waals surface area contributed by atoms with Gasteiger partial charge in [0.2, 0.25) is 0 Å². The first-order chi connectivity index (χ1) is 6.51. The van der Waals surface area contributed by atoms with Crippen LogP contribution in [0.15, 0.2) is 0 Å². The second kappa shape index (κ2) is 5.01. The van der Waals surface area contributed by atoms with Gasteiger partial charge in [-0.3, -0.25) is 0 Å². The van der Waals surface area contributed by atoms with Crippen molar-refractivity contribution in [1.29, 1.82) is 0 Å². The third-order valence-corrected chi connectivity index (χ3v) is 2.48. The van der Waals surface area contributed by atoms with Crippen molar-refractivity contribution in [3.05, 3.63) is 0 Å². The van der Waals surface area contributed by atoms with E-state index >= 15 is 0 Å². The summed E-state index contributed by atoms with van der Waals surface area (Å²) in [6, 6.07) is -0.359. The zero-order valence-electron chi connectivity index (χ0n) is 8.53. The molecule has 0 spiro atoms. The fourth-order valence-electron chi connectivity index (χ4n) is 1.62. The molecule has 4 heteroatoms. The van der Waals surface area contributed by atoms with Crippen LogP contribution in [0.3, 0.4) is 0 Å². The molecule has 0 heterocycles. The Morgan fingerprint density at radius 3 is 2.43 bits per heavy atom. The largest absolute Gasteiger partial charge is 0.390 e. The molecule has 1 aliphatic rings. The first-order valence-corrected chi connectivity index (χ1v) is 5.31. The van der Waals surface area contributed by atoms with Gasteiger partial charge in [-0.2, -0.15) is 13.2 Å². The lowest BCUT2D eigenvalue weighted by Crippen LogP contribution is -2.34. The fraction of sp³-hybridized carbons (Fsp3) is 1.00. The Morgan fingerprint density at radius 2 is 2.00 bits per heavy atom. The highest BCUT2D eigenvalue weighted by atomic mass is 19.4. The maximum absolute atomic E-state index is 12.2. The summed E-state index contributed by atoms with van der Waals surface area (Å²) in [7, 11) is 0. The SMILES string of the molecule is CCCNC(CC1CC1)CC(F)(F)F. The van der Waals surface area contributed by atoms with Crippen molar-refractivity contribution in [1.82, 2.24) is 5.32 Å². The lowest BCUT2D eigenvalue weighted by molar-refractivity contribution is -0.140. The zero-order chi connectivity index (χ0) is 10.6. The van der Waals surface area contributed by atoms with Crippen LogP contribution < -0.4 is 5.32 Å². The molecule has 1 atom stereocenters. The van der Waals surface area contributed by atoms with Gasteiger partial charge in [0, 0.05) is 6.04 Å². The van der Waals surface area contributed by atoms with E-state index in [0.29, 0.717) is 18.9 Å². The molecule has 0 aliphatic heterocycles. The summed E-state index contributed by atoms with van der Waals surface area (Å²) < 4.78 is 36.5. The van der Waals surface area contributed by atoms with Crippen molar-refractivity contribution in [2.24, 2.45) is 5.92 Å². The van der Waals surface area contributed by atoms with Crippen LogP contribution >= 0.6 is 0 Å². The molecule has 14 heavy (non-hydrogen) atoms. The Morgan fingerprint density at radius 1 is 1.36 bits per heavy atom. The van der Waals surface area contributed by atoms with Crippen molar-refractivity contribution < 1.29 is 13.2 Å². The van der Waals surface area contributed by atoms with Gasteiger partial charge >= 0.3 is 6.18 Å². The van der Waals surface area contributed by atoms with E-state index in [1.807, 2.05) is 6.92 Å². The van der Waals surface area contributed by atoms with Crippen molar-refractivity contribution in [2.45, 2.75) is 51.2 Å². The van der Waals surface area contributed by atoms with Gasteiger partial charge in [0.1, 0.15) is 0 Å². The molecule has 0 aromatic carbocycles. The molecule has 1 saturated carbocycles. The lowest BCUT2D eigenvalue weighted by atomic mass is 10.1. The number of alkyl halides is 3. The summed E-state index contributed by atoms with van der Waals surface area (Å²) in [4.78, 5) is 0. The highest BCUT2D eigenvalue weighted by molar-refractivity contribution is 4.81. The summed E-state index contributed by atoms with van der Waals surface area (Å²) in [5.41, 5.74) is 0. The Balaban J connectivity index is 2.26. The van der Waals surface area contributed by atoms with Crippen LogP contribution in [0.5, 0.6) is 0 Å². The molecule has 1 rings (SSSR count). The van der Waals surface area contributed by atoms with Gasteiger partial charge in [-0.1, -0.05) is 19.8 Å². The van der Waals surface area contributed by atoms with E-state index in [1.165, 1.54) is 0 Å². The lowest BCUT2D eigenvalue weighted by Gasteiger charge is -2.19. The highest BCUT2D eigenvalue weighted by Gasteiger charge is 2.34. The van der Waals surface area contributed by atoms with E-state index in [2.05, 4.69) is 5.32 Å². The van der Waals surface area contributed by atoms with Gasteiger partial charge in [0.25, 0.3) is 0 Å². The van der Waals surface area contributed by atoms with Crippen molar-refractivity contribution in [3.63, 3.8) is 0 Å². The molecule has 0 bridgehead atoms. The molecule has 84 valence electrons. The molecule has 1 fully saturated rings. The Kier molecular flexibility index (Phi) is 4.23. The Hall–Kier alpha value is -0.250. The molecule has 1 N–H and O–H groups in total. The Bertz CT molecular complexity index is 163. The van der Waals surface area contributed by atoms with Crippen LogP contribution in [0.1, 0.15) is 39.0 Å². The standard InChI is InChI=1S/C10H18F3N/c1-2-5-14-9(6-8-3-4-8)7-10(11,12)13/h8-9,14H,2-7H2,1H3. The van der Waals surface area contributed by atoms with Gasteiger partial charge in [-0.05, 0) is 25.3 Å². The second-order valence-corrected chi connectivity index (χ2v) is 4.15. The third-order valence-electron chi connectivity index (χ3n) is 2.48. The van der Waals surface area contributed by atoms with Crippen molar-refractivity contribution in [2.75, 3.05) is 6.54 Å². The maximum atomic E-state index is 12.2. The third kappa shape index (κ3) is 5.47. The maximum Gasteiger partial charge on any atom is 0.390 e. The van der Waals surface area contributed by atoms with Gasteiger partial charge in [0.15, 0.2) is 0 Å². The summed E-state index contributed by atoms with van der Waals surface area (Å²) in [5.74, 6) is 0.548. The molecule has 0 aromatic heterocycles. The molecule has 1 unspecified atom stereocenters. The average molecular weight is 209 g/mol. The smallest absolute Gasteiger partial charge is 0.314 e. The highest BCUT2D eigenvalue weighted by Crippen LogP contribution is 2.35. The van der Waals surface area contributed by atoms with E-state index in [9.17, 15) is 13.2 Å². The number of hydrogen-bond donors (Lipinski definition) is 1. The van der Waals surface area contributed by atoms with Gasteiger partial charge in [0.05, 0.1) is 6.42 Å². The second-order valence-electron chi connectivity index (χ2n) is 4.15. The molecule has 0 radical (unpaired) electrons. The van der Waals surface area contributed by atoms with Crippen molar-refractivity contribution >= 4 is 0 Å². The van der Waals surface area contributed by atoms with E-state index in [0.717, 1.165) is 19.3 Å². The van der Waals surface area contributed by atoms with Crippen LogP contribution in [0.4, 0.5) is 13.2 Å². The number of hydrogen-bond acceptors (Lipinski definition) is 1. The van der Waals surface area contributed by atoms with E-state index < -0.39 is 12.6 Å². The predicted octanol–water partition coefficient (Wildman–Crippen LogP) is 3.11.